The van der Waals surface area contributed by atoms with Crippen molar-refractivity contribution >= 4 is 24.0 Å². The molecular weight excluding hydrogens is 340 g/mol. The van der Waals surface area contributed by atoms with E-state index in [9.17, 15) is 19.2 Å². The van der Waals surface area contributed by atoms with E-state index in [0.29, 0.717) is 0 Å². The van der Waals surface area contributed by atoms with Crippen LogP contribution in [0.1, 0.15) is 47.5 Å². The molecule has 8 nitrogen and oxygen atoms in total. The first-order valence-corrected chi connectivity index (χ1v) is 9.11. The lowest BCUT2D eigenvalue weighted by atomic mass is 9.98. The maximum Gasteiger partial charge on any atom is 0.416 e. The summed E-state index contributed by atoms with van der Waals surface area (Å²) in [7, 11) is 0. The van der Waals surface area contributed by atoms with Crippen molar-refractivity contribution in [3.63, 3.8) is 0 Å². The minimum Gasteiger partial charge on any atom is -0.447 e. The Labute approximate surface area is 153 Å². The van der Waals surface area contributed by atoms with Crippen molar-refractivity contribution in [1.29, 1.82) is 0 Å². The molecule has 2 heterocycles. The second kappa shape index (κ2) is 8.05. The van der Waals surface area contributed by atoms with E-state index < -0.39 is 12.2 Å². The fourth-order valence-electron chi connectivity index (χ4n) is 3.29. The predicted molar refractivity (Wildman–Crippen MR) is 92.0 cm³/mol. The zero-order valence-electron chi connectivity index (χ0n) is 16.1. The molecule has 0 radical (unpaired) electrons. The van der Waals surface area contributed by atoms with Crippen LogP contribution in [0.2, 0.25) is 0 Å². The van der Waals surface area contributed by atoms with E-state index in [1.807, 2.05) is 27.7 Å². The van der Waals surface area contributed by atoms with Crippen molar-refractivity contribution in [3.05, 3.63) is 0 Å². The first kappa shape index (κ1) is 20.2. The Hall–Kier alpha value is -2.12. The molecule has 26 heavy (non-hydrogen) atoms. The summed E-state index contributed by atoms with van der Waals surface area (Å²) < 4.78 is 9.98. The van der Waals surface area contributed by atoms with Gasteiger partial charge in [0.15, 0.2) is 0 Å². The monoisotopic (exact) mass is 368 g/mol. The fourth-order valence-corrected chi connectivity index (χ4v) is 3.29. The number of carbonyl (C=O) groups is 4. The van der Waals surface area contributed by atoms with Gasteiger partial charge in [0, 0.05) is 12.8 Å². The molecule has 0 aromatic rings. The quantitative estimate of drug-likeness (QED) is 0.715. The summed E-state index contributed by atoms with van der Waals surface area (Å²) in [6, 6.07) is -0.562. The van der Waals surface area contributed by atoms with Gasteiger partial charge in [-0.25, -0.2) is 19.4 Å². The predicted octanol–water partition coefficient (Wildman–Crippen LogP) is 2.41. The minimum atomic E-state index is -0.629. The molecule has 0 aromatic carbocycles. The number of cyclic esters (lactones) is 2. The normalized spacial score (nSPS) is 23.2. The summed E-state index contributed by atoms with van der Waals surface area (Å²) in [6.45, 7) is 9.84. The van der Waals surface area contributed by atoms with Crippen LogP contribution in [-0.2, 0) is 19.1 Å². The van der Waals surface area contributed by atoms with E-state index in [0.717, 1.165) is 9.80 Å². The van der Waals surface area contributed by atoms with Crippen molar-refractivity contribution in [2.75, 3.05) is 13.2 Å². The maximum absolute atomic E-state index is 12.5. The third-order valence-electron chi connectivity index (χ3n) is 4.93. The van der Waals surface area contributed by atoms with Crippen LogP contribution in [0.5, 0.6) is 0 Å². The number of hydrogen-bond acceptors (Lipinski definition) is 6. The van der Waals surface area contributed by atoms with Gasteiger partial charge in [0.2, 0.25) is 11.8 Å². The van der Waals surface area contributed by atoms with E-state index in [4.69, 9.17) is 9.47 Å². The largest absolute Gasteiger partial charge is 0.447 e. The Morgan fingerprint density at radius 1 is 0.846 bits per heavy atom. The van der Waals surface area contributed by atoms with Gasteiger partial charge in [-0.2, -0.15) is 0 Å². The third kappa shape index (κ3) is 4.16. The first-order valence-electron chi connectivity index (χ1n) is 9.11. The number of amides is 4. The SMILES string of the molecule is CC(CC(=O)N1C(=O)OC[C@@H]1C(C)C)CC(=O)N1C(=O)OC[C@@H]1C(C)C. The van der Waals surface area contributed by atoms with Crippen LogP contribution in [0, 0.1) is 17.8 Å². The highest BCUT2D eigenvalue weighted by Crippen LogP contribution is 2.25. The molecule has 0 unspecified atom stereocenters. The second-order valence-corrected chi connectivity index (χ2v) is 7.82. The van der Waals surface area contributed by atoms with Gasteiger partial charge in [-0.05, 0) is 17.8 Å². The molecule has 0 aromatic heterocycles. The molecule has 0 saturated carbocycles. The summed E-state index contributed by atoms with van der Waals surface area (Å²) in [5.41, 5.74) is 0. The Balaban J connectivity index is 1.96. The van der Waals surface area contributed by atoms with Gasteiger partial charge in [0.1, 0.15) is 13.2 Å². The molecule has 2 atom stereocenters. The van der Waals surface area contributed by atoms with Gasteiger partial charge in [0.05, 0.1) is 12.1 Å². The maximum atomic E-state index is 12.5. The van der Waals surface area contributed by atoms with Crippen LogP contribution in [0.4, 0.5) is 9.59 Å². The molecule has 0 bridgehead atoms. The van der Waals surface area contributed by atoms with Crippen LogP contribution < -0.4 is 0 Å². The molecule has 2 fully saturated rings. The smallest absolute Gasteiger partial charge is 0.416 e. The van der Waals surface area contributed by atoms with Crippen LogP contribution >= 0.6 is 0 Å². The second-order valence-electron chi connectivity index (χ2n) is 7.82. The van der Waals surface area contributed by atoms with Crippen molar-refractivity contribution in [2.24, 2.45) is 17.8 Å². The van der Waals surface area contributed by atoms with Gasteiger partial charge in [-0.1, -0.05) is 34.6 Å². The average Bonchev–Trinajstić information content (AvgIpc) is 3.10. The van der Waals surface area contributed by atoms with Crippen LogP contribution in [0.15, 0.2) is 0 Å². The summed E-state index contributed by atoms with van der Waals surface area (Å²) in [5, 5.41) is 0. The lowest BCUT2D eigenvalue weighted by Gasteiger charge is -2.25. The molecule has 146 valence electrons. The van der Waals surface area contributed by atoms with E-state index in [1.165, 1.54) is 0 Å². The highest BCUT2D eigenvalue weighted by Gasteiger charge is 2.42. The van der Waals surface area contributed by atoms with Crippen molar-refractivity contribution < 1.29 is 28.7 Å². The van der Waals surface area contributed by atoms with E-state index in [-0.39, 0.29) is 67.7 Å². The molecule has 2 aliphatic rings. The van der Waals surface area contributed by atoms with Crippen LogP contribution in [-0.4, -0.2) is 59.1 Å². The van der Waals surface area contributed by atoms with Gasteiger partial charge >= 0.3 is 12.2 Å². The molecule has 2 rings (SSSR count). The molecule has 0 N–H and O–H groups in total. The summed E-state index contributed by atoms with van der Waals surface area (Å²) >= 11 is 0. The standard InChI is InChI=1S/C18H28N2O6/c1-10(2)13-8-25-17(23)19(13)15(21)6-12(5)7-16(22)20-14(11(3)4)9-26-18(20)24/h10-14H,6-9H2,1-5H3/t13-,14-/m1/s1. The lowest BCUT2D eigenvalue weighted by Crippen LogP contribution is -2.44. The van der Waals surface area contributed by atoms with Crippen LogP contribution in [0.3, 0.4) is 0 Å². The minimum absolute atomic E-state index is 0.0410. The number of ether oxygens (including phenoxy) is 2. The number of nitrogens with zero attached hydrogens (tertiary/aromatic N) is 2. The summed E-state index contributed by atoms with van der Waals surface area (Å²) in [6.07, 6.45) is -1.18. The third-order valence-corrected chi connectivity index (χ3v) is 4.93. The number of imide groups is 2. The number of carbonyl (C=O) groups excluding carboxylic acids is 4. The number of rotatable bonds is 6. The molecule has 0 aliphatic carbocycles. The van der Waals surface area contributed by atoms with Crippen molar-refractivity contribution in [2.45, 2.75) is 59.5 Å². The lowest BCUT2D eigenvalue weighted by molar-refractivity contribution is -0.132. The van der Waals surface area contributed by atoms with Gasteiger partial charge in [-0.15, -0.1) is 0 Å². The van der Waals surface area contributed by atoms with Crippen molar-refractivity contribution in [3.8, 4) is 0 Å². The highest BCUT2D eigenvalue weighted by molar-refractivity contribution is 5.95. The first-order chi connectivity index (χ1) is 12.1. The molecule has 0 spiro atoms. The number of hydrogen-bond donors (Lipinski definition) is 0. The summed E-state index contributed by atoms with van der Waals surface area (Å²) in [5.74, 6) is -0.828. The average molecular weight is 368 g/mol. The molecular formula is C18H28N2O6. The molecule has 2 aliphatic heterocycles. The van der Waals surface area contributed by atoms with E-state index in [1.54, 1.807) is 6.92 Å². The van der Waals surface area contributed by atoms with Gasteiger partial charge < -0.3 is 9.47 Å². The van der Waals surface area contributed by atoms with Gasteiger partial charge in [-0.3, -0.25) is 9.59 Å². The molecule has 2 saturated heterocycles. The molecule has 8 heteroatoms. The zero-order chi connectivity index (χ0) is 19.6. The van der Waals surface area contributed by atoms with E-state index >= 15 is 0 Å². The van der Waals surface area contributed by atoms with Crippen molar-refractivity contribution in [1.82, 2.24) is 9.80 Å². The fraction of sp³-hybridized carbons (Fsp3) is 0.778. The van der Waals surface area contributed by atoms with Gasteiger partial charge in [0.25, 0.3) is 0 Å². The Morgan fingerprint density at radius 2 is 1.19 bits per heavy atom. The van der Waals surface area contributed by atoms with E-state index in [2.05, 4.69) is 0 Å². The zero-order valence-corrected chi connectivity index (χ0v) is 16.1. The Kier molecular flexibility index (Phi) is 6.26. The Bertz CT molecular complexity index is 538. The highest BCUT2D eigenvalue weighted by atomic mass is 16.6. The summed E-state index contributed by atoms with van der Waals surface area (Å²) in [4.78, 5) is 51.1. The molecule has 4 amide bonds. The topological polar surface area (TPSA) is 93.2 Å². The Morgan fingerprint density at radius 3 is 1.50 bits per heavy atom. The van der Waals surface area contributed by atoms with Crippen LogP contribution in [0.25, 0.3) is 0 Å².